The monoisotopic (exact) mass is 399 g/mol. The van der Waals surface area contributed by atoms with Gasteiger partial charge >= 0.3 is 0 Å². The van der Waals surface area contributed by atoms with Crippen LogP contribution < -0.4 is 16.0 Å². The minimum Gasteiger partial charge on any atom is -0.354 e. The van der Waals surface area contributed by atoms with Crippen molar-refractivity contribution in [2.24, 2.45) is 0 Å². The maximum atomic E-state index is 13.2. The number of benzene rings is 2. The number of anilines is 2. The highest BCUT2D eigenvalue weighted by molar-refractivity contribution is 6.10. The number of imidazole rings is 1. The van der Waals surface area contributed by atoms with Gasteiger partial charge in [0.15, 0.2) is 17.3 Å². The molecule has 0 bridgehead atoms. The first-order valence-corrected chi connectivity index (χ1v) is 8.32. The molecule has 1 heterocycles. The Kier molecular flexibility index (Phi) is 5.63. The Morgan fingerprint density at radius 1 is 0.862 bits per heavy atom. The molecule has 3 aromatic rings. The number of aromatic amines is 1. The number of hydrogen-bond acceptors (Lipinski definition) is 4. The number of carbonyl (C=O) groups is 3. The van der Waals surface area contributed by atoms with Crippen LogP contribution in [0.1, 0.15) is 31.3 Å². The fourth-order valence-electron chi connectivity index (χ4n) is 2.43. The molecule has 0 saturated heterocycles. The highest BCUT2D eigenvalue weighted by Gasteiger charge is 2.19. The van der Waals surface area contributed by atoms with Crippen LogP contribution in [-0.2, 0) is 0 Å². The van der Waals surface area contributed by atoms with Crippen LogP contribution in [0.3, 0.4) is 0 Å². The molecule has 0 spiro atoms. The van der Waals surface area contributed by atoms with Crippen molar-refractivity contribution in [1.82, 2.24) is 15.3 Å². The van der Waals surface area contributed by atoms with Gasteiger partial charge in [0.25, 0.3) is 17.7 Å². The molecule has 10 heteroatoms. The van der Waals surface area contributed by atoms with Gasteiger partial charge in [-0.3, -0.25) is 14.4 Å². The molecule has 0 aliphatic rings. The molecule has 0 saturated carbocycles. The standard InChI is InChI=1S/C19H15F2N5O3/c1-22-18(28)15-16(24-9-23-15)19(29)26-12-5-3-11(4-6-12)25-17(27)10-2-7-13(20)14(21)8-10/h2-9H,1H3,(H,22,28)(H,23,24)(H,25,27)(H,26,29). The Morgan fingerprint density at radius 3 is 2.07 bits per heavy atom. The van der Waals surface area contributed by atoms with Crippen LogP contribution in [0.4, 0.5) is 20.2 Å². The van der Waals surface area contributed by atoms with Crippen molar-refractivity contribution in [3.05, 3.63) is 77.4 Å². The number of H-pyrrole nitrogens is 1. The molecule has 4 N–H and O–H groups in total. The van der Waals surface area contributed by atoms with Crippen molar-refractivity contribution in [3.8, 4) is 0 Å². The molecule has 8 nitrogen and oxygen atoms in total. The number of aromatic nitrogens is 2. The van der Waals surface area contributed by atoms with Gasteiger partial charge in [-0.1, -0.05) is 0 Å². The number of amides is 3. The zero-order valence-corrected chi connectivity index (χ0v) is 15.0. The lowest BCUT2D eigenvalue weighted by atomic mass is 10.2. The third-order valence-electron chi connectivity index (χ3n) is 3.89. The summed E-state index contributed by atoms with van der Waals surface area (Å²) < 4.78 is 26.2. The maximum Gasteiger partial charge on any atom is 0.276 e. The summed E-state index contributed by atoms with van der Waals surface area (Å²) in [6.45, 7) is 0. The van der Waals surface area contributed by atoms with E-state index < -0.39 is 29.4 Å². The van der Waals surface area contributed by atoms with E-state index in [4.69, 9.17) is 0 Å². The van der Waals surface area contributed by atoms with Gasteiger partial charge in [-0.2, -0.15) is 0 Å². The quantitative estimate of drug-likeness (QED) is 0.528. The third kappa shape index (κ3) is 4.43. The molecule has 0 fully saturated rings. The van der Waals surface area contributed by atoms with E-state index in [0.29, 0.717) is 11.4 Å². The van der Waals surface area contributed by atoms with Gasteiger partial charge in [-0.15, -0.1) is 0 Å². The van der Waals surface area contributed by atoms with Crippen LogP contribution in [0.2, 0.25) is 0 Å². The van der Waals surface area contributed by atoms with E-state index in [1.54, 1.807) is 0 Å². The highest BCUT2D eigenvalue weighted by Crippen LogP contribution is 2.17. The summed E-state index contributed by atoms with van der Waals surface area (Å²) >= 11 is 0. The first-order valence-electron chi connectivity index (χ1n) is 8.32. The lowest BCUT2D eigenvalue weighted by molar-refractivity contribution is 0.0943. The molecule has 0 radical (unpaired) electrons. The van der Waals surface area contributed by atoms with Crippen molar-refractivity contribution < 1.29 is 23.2 Å². The number of rotatable bonds is 5. The zero-order chi connectivity index (χ0) is 21.0. The summed E-state index contributed by atoms with van der Waals surface area (Å²) in [4.78, 5) is 42.6. The maximum absolute atomic E-state index is 13.2. The van der Waals surface area contributed by atoms with Crippen molar-refractivity contribution >= 4 is 29.1 Å². The number of halogens is 2. The van der Waals surface area contributed by atoms with Crippen LogP contribution in [0.15, 0.2) is 48.8 Å². The average Bonchev–Trinajstić information content (AvgIpc) is 3.21. The minimum absolute atomic E-state index is 0.0282. The second kappa shape index (κ2) is 8.30. The van der Waals surface area contributed by atoms with Gasteiger partial charge in [0, 0.05) is 24.0 Å². The molecule has 2 aromatic carbocycles. The van der Waals surface area contributed by atoms with E-state index in [2.05, 4.69) is 25.9 Å². The molecule has 29 heavy (non-hydrogen) atoms. The molecule has 3 amide bonds. The summed E-state index contributed by atoms with van der Waals surface area (Å²) in [7, 11) is 1.43. The van der Waals surface area contributed by atoms with Crippen molar-refractivity contribution in [3.63, 3.8) is 0 Å². The van der Waals surface area contributed by atoms with E-state index in [1.807, 2.05) is 0 Å². The van der Waals surface area contributed by atoms with Crippen LogP contribution >= 0.6 is 0 Å². The molecule has 0 atom stereocenters. The topological polar surface area (TPSA) is 116 Å². The summed E-state index contributed by atoms with van der Waals surface area (Å²) in [6, 6.07) is 8.89. The molecular weight excluding hydrogens is 384 g/mol. The number of nitrogens with zero attached hydrogens (tertiary/aromatic N) is 1. The lowest BCUT2D eigenvalue weighted by Crippen LogP contribution is -2.23. The molecule has 3 rings (SSSR count). The second-order valence-electron chi connectivity index (χ2n) is 5.82. The summed E-state index contributed by atoms with van der Waals surface area (Å²) in [5.41, 5.74) is 0.692. The Bertz CT molecular complexity index is 1080. The van der Waals surface area contributed by atoms with Gasteiger partial charge in [-0.05, 0) is 42.5 Å². The molecule has 148 valence electrons. The first-order chi connectivity index (χ1) is 13.9. The van der Waals surface area contributed by atoms with Crippen LogP contribution in [0, 0.1) is 11.6 Å². The van der Waals surface area contributed by atoms with Gasteiger partial charge in [0.1, 0.15) is 5.69 Å². The third-order valence-corrected chi connectivity index (χ3v) is 3.89. The minimum atomic E-state index is -1.12. The van der Waals surface area contributed by atoms with Crippen LogP contribution in [0.25, 0.3) is 0 Å². The van der Waals surface area contributed by atoms with E-state index in [1.165, 1.54) is 37.6 Å². The normalized spacial score (nSPS) is 10.3. The Hall–Kier alpha value is -4.08. The molecule has 1 aromatic heterocycles. The van der Waals surface area contributed by atoms with Crippen molar-refractivity contribution in [2.45, 2.75) is 0 Å². The Balaban J connectivity index is 1.66. The average molecular weight is 399 g/mol. The predicted molar refractivity (Wildman–Crippen MR) is 101 cm³/mol. The molecule has 0 aliphatic carbocycles. The lowest BCUT2D eigenvalue weighted by Gasteiger charge is -2.08. The summed E-state index contributed by atoms with van der Waals surface area (Å²) in [6.07, 6.45) is 1.23. The van der Waals surface area contributed by atoms with E-state index in [-0.39, 0.29) is 17.0 Å². The number of nitrogens with one attached hydrogen (secondary N) is 4. The Morgan fingerprint density at radius 2 is 1.48 bits per heavy atom. The Labute approximate surface area is 163 Å². The first kappa shape index (κ1) is 19.7. The molecule has 0 unspecified atom stereocenters. The summed E-state index contributed by atoms with van der Waals surface area (Å²) in [5.74, 6) is -3.86. The van der Waals surface area contributed by atoms with Gasteiger partial charge in [-0.25, -0.2) is 13.8 Å². The zero-order valence-electron chi connectivity index (χ0n) is 15.0. The SMILES string of the molecule is CNC(=O)c1[nH]cnc1C(=O)Nc1ccc(NC(=O)c2ccc(F)c(F)c2)cc1. The summed E-state index contributed by atoms with van der Waals surface area (Å²) in [5, 5.41) is 7.52. The molecular formula is C19H15F2N5O3. The fourth-order valence-corrected chi connectivity index (χ4v) is 2.43. The largest absolute Gasteiger partial charge is 0.354 e. The number of hydrogen-bond donors (Lipinski definition) is 4. The second-order valence-corrected chi connectivity index (χ2v) is 5.82. The van der Waals surface area contributed by atoms with Crippen molar-refractivity contribution in [1.29, 1.82) is 0 Å². The van der Waals surface area contributed by atoms with Gasteiger partial charge in [0.2, 0.25) is 0 Å². The van der Waals surface area contributed by atoms with Crippen LogP contribution in [-0.4, -0.2) is 34.7 Å². The smallest absolute Gasteiger partial charge is 0.276 e. The highest BCUT2D eigenvalue weighted by atomic mass is 19.2. The van der Waals surface area contributed by atoms with Gasteiger partial charge < -0.3 is 20.9 Å². The van der Waals surface area contributed by atoms with Crippen molar-refractivity contribution in [2.75, 3.05) is 17.7 Å². The molecule has 0 aliphatic heterocycles. The van der Waals surface area contributed by atoms with E-state index in [0.717, 1.165) is 18.2 Å². The van der Waals surface area contributed by atoms with E-state index in [9.17, 15) is 23.2 Å². The van der Waals surface area contributed by atoms with Gasteiger partial charge in [0.05, 0.1) is 6.33 Å². The fraction of sp³-hybridized carbons (Fsp3) is 0.0526. The van der Waals surface area contributed by atoms with E-state index >= 15 is 0 Å². The number of carbonyl (C=O) groups excluding carboxylic acids is 3. The predicted octanol–water partition coefficient (Wildman–Crippen LogP) is 2.55. The van der Waals surface area contributed by atoms with Crippen LogP contribution in [0.5, 0.6) is 0 Å².